The van der Waals surface area contributed by atoms with Crippen molar-refractivity contribution in [2.75, 3.05) is 26.4 Å². The zero-order valence-corrected chi connectivity index (χ0v) is 12.2. The number of ether oxygens (including phenoxy) is 1. The number of piperidine rings is 1. The van der Waals surface area contributed by atoms with Crippen LogP contribution in [0.3, 0.4) is 0 Å². The molecule has 0 aliphatic carbocycles. The van der Waals surface area contributed by atoms with E-state index in [1.807, 2.05) is 0 Å². The first-order valence-corrected chi connectivity index (χ1v) is 7.96. The Labute approximate surface area is 122 Å². The average molecular weight is 301 g/mol. The molecule has 2 aliphatic heterocycles. The molecule has 4 unspecified atom stereocenters. The topological polar surface area (TPSA) is 58.5 Å². The molecule has 7 heteroatoms. The van der Waals surface area contributed by atoms with Gasteiger partial charge in [-0.25, -0.2) is 0 Å². The van der Waals surface area contributed by atoms with E-state index in [1.165, 1.54) is 0 Å². The number of rotatable bonds is 6. The molecule has 20 heavy (non-hydrogen) atoms. The van der Waals surface area contributed by atoms with E-state index in [9.17, 15) is 9.50 Å². The Morgan fingerprint density at radius 1 is 1.30 bits per heavy atom. The minimum atomic E-state index is -0.304. The summed E-state index contributed by atoms with van der Waals surface area (Å²) in [5.74, 6) is 1.01. The minimum Gasteiger partial charge on any atom is -0.476 e. The van der Waals surface area contributed by atoms with Gasteiger partial charge in [0.25, 0.3) is 5.88 Å². The molecule has 2 aliphatic rings. The largest absolute Gasteiger partial charge is 0.476 e. The van der Waals surface area contributed by atoms with Crippen LogP contribution < -0.4 is 4.74 Å². The number of aromatic nitrogens is 2. The molecule has 1 aromatic rings. The molecule has 2 fully saturated rings. The number of alkyl halides is 1. The third kappa shape index (κ3) is 2.80. The second kappa shape index (κ2) is 6.32. The first-order valence-electron chi connectivity index (χ1n) is 7.23. The molecule has 0 spiro atoms. The molecule has 5 nitrogen and oxygen atoms in total. The highest BCUT2D eigenvalue weighted by atomic mass is 32.1. The lowest BCUT2D eigenvalue weighted by Gasteiger charge is -2.30. The van der Waals surface area contributed by atoms with Crippen molar-refractivity contribution < 1.29 is 14.2 Å². The van der Waals surface area contributed by atoms with Crippen LogP contribution in [0.1, 0.15) is 37.4 Å². The predicted molar refractivity (Wildman–Crippen MR) is 73.7 cm³/mol. The standard InChI is InChI=1S/C13H20FN3O2S/c14-5-1-2-6-19-13-12(15-20-16-13)10-4-3-9-7-17(10)8-11(9)18/h9-11,18H,1-8H2. The zero-order valence-electron chi connectivity index (χ0n) is 11.4. The number of nitrogens with zero attached hydrogens (tertiary/aromatic N) is 3. The van der Waals surface area contributed by atoms with Crippen molar-refractivity contribution in [1.29, 1.82) is 0 Å². The normalized spacial score (nSPS) is 32.5. The Morgan fingerprint density at radius 2 is 2.20 bits per heavy atom. The van der Waals surface area contributed by atoms with E-state index in [0.29, 0.717) is 37.8 Å². The highest BCUT2D eigenvalue weighted by molar-refractivity contribution is 6.99. The van der Waals surface area contributed by atoms with Crippen LogP contribution in [-0.4, -0.2) is 51.2 Å². The van der Waals surface area contributed by atoms with Crippen molar-refractivity contribution in [2.24, 2.45) is 5.92 Å². The molecule has 3 heterocycles. The predicted octanol–water partition coefficient (Wildman–Crippen LogP) is 1.79. The Bertz CT molecular complexity index is 443. The monoisotopic (exact) mass is 301 g/mol. The van der Waals surface area contributed by atoms with Crippen LogP contribution in [0.5, 0.6) is 5.88 Å². The number of aliphatic hydroxyl groups is 1. The van der Waals surface area contributed by atoms with Gasteiger partial charge >= 0.3 is 0 Å². The summed E-state index contributed by atoms with van der Waals surface area (Å²) in [5.41, 5.74) is 0.891. The number of aliphatic hydroxyl groups excluding tert-OH is 1. The van der Waals surface area contributed by atoms with Crippen LogP contribution in [0, 0.1) is 5.92 Å². The van der Waals surface area contributed by atoms with E-state index in [2.05, 4.69) is 13.6 Å². The number of hydrogen-bond acceptors (Lipinski definition) is 6. The van der Waals surface area contributed by atoms with Crippen molar-refractivity contribution in [3.8, 4) is 5.88 Å². The van der Waals surface area contributed by atoms with Gasteiger partial charge in [-0.3, -0.25) is 9.29 Å². The van der Waals surface area contributed by atoms with Gasteiger partial charge < -0.3 is 9.84 Å². The second-order valence-electron chi connectivity index (χ2n) is 5.57. The summed E-state index contributed by atoms with van der Waals surface area (Å²) in [7, 11) is 0. The first kappa shape index (κ1) is 14.2. The highest BCUT2D eigenvalue weighted by Crippen LogP contribution is 2.41. The van der Waals surface area contributed by atoms with Gasteiger partial charge in [-0.2, -0.15) is 4.37 Å². The summed E-state index contributed by atoms with van der Waals surface area (Å²) in [5, 5.41) is 9.94. The fourth-order valence-electron chi connectivity index (χ4n) is 3.15. The third-order valence-electron chi connectivity index (χ3n) is 4.25. The van der Waals surface area contributed by atoms with Gasteiger partial charge in [-0.1, -0.05) is 0 Å². The van der Waals surface area contributed by atoms with Crippen molar-refractivity contribution in [3.63, 3.8) is 0 Å². The fourth-order valence-corrected chi connectivity index (χ4v) is 3.69. The molecular weight excluding hydrogens is 281 g/mol. The Kier molecular flexibility index (Phi) is 4.48. The quantitative estimate of drug-likeness (QED) is 0.812. The molecule has 0 aromatic carbocycles. The lowest BCUT2D eigenvalue weighted by molar-refractivity contribution is 0.144. The SMILES string of the molecule is OC1CN2CC1CCC2c1nsnc1OCCCCF. The van der Waals surface area contributed by atoms with Crippen LogP contribution in [0.2, 0.25) is 0 Å². The van der Waals surface area contributed by atoms with Crippen molar-refractivity contribution in [3.05, 3.63) is 5.69 Å². The summed E-state index contributed by atoms with van der Waals surface area (Å²) in [6.45, 7) is 1.83. The van der Waals surface area contributed by atoms with E-state index < -0.39 is 0 Å². The molecule has 112 valence electrons. The van der Waals surface area contributed by atoms with E-state index >= 15 is 0 Å². The van der Waals surface area contributed by atoms with Gasteiger partial charge in [0.05, 0.1) is 37.2 Å². The van der Waals surface area contributed by atoms with Crippen molar-refractivity contribution in [2.45, 2.75) is 37.8 Å². The molecule has 4 atom stereocenters. The van der Waals surface area contributed by atoms with Gasteiger partial charge in [0.15, 0.2) is 0 Å². The van der Waals surface area contributed by atoms with Gasteiger partial charge in [-0.15, -0.1) is 4.37 Å². The van der Waals surface area contributed by atoms with Gasteiger partial charge in [0.2, 0.25) is 0 Å². The first-order chi connectivity index (χ1) is 9.79. The third-order valence-corrected chi connectivity index (χ3v) is 4.78. The number of unbranched alkanes of at least 4 members (excludes halogenated alkanes) is 1. The summed E-state index contributed by atoms with van der Waals surface area (Å²) in [6.07, 6.45) is 3.04. The van der Waals surface area contributed by atoms with Crippen LogP contribution in [-0.2, 0) is 0 Å². The van der Waals surface area contributed by atoms with Crippen LogP contribution in [0.15, 0.2) is 0 Å². The molecule has 2 bridgehead atoms. The lowest BCUT2D eigenvalue weighted by Crippen LogP contribution is -2.31. The molecule has 2 saturated heterocycles. The van der Waals surface area contributed by atoms with Crippen LogP contribution in [0.4, 0.5) is 4.39 Å². The van der Waals surface area contributed by atoms with Crippen molar-refractivity contribution >= 4 is 11.7 Å². The van der Waals surface area contributed by atoms with Gasteiger partial charge in [0, 0.05) is 13.1 Å². The molecule has 0 amide bonds. The Balaban J connectivity index is 1.64. The van der Waals surface area contributed by atoms with Crippen molar-refractivity contribution in [1.82, 2.24) is 13.6 Å². The number of halogens is 1. The van der Waals surface area contributed by atoms with E-state index in [1.54, 1.807) is 0 Å². The zero-order chi connectivity index (χ0) is 13.9. The molecular formula is C13H20FN3O2S. The Morgan fingerprint density at radius 3 is 3.05 bits per heavy atom. The maximum Gasteiger partial charge on any atom is 0.250 e. The fraction of sp³-hybridized carbons (Fsp3) is 0.846. The molecule has 0 radical (unpaired) electrons. The maximum absolute atomic E-state index is 12.1. The second-order valence-corrected chi connectivity index (χ2v) is 6.10. The lowest BCUT2D eigenvalue weighted by atomic mass is 9.93. The van der Waals surface area contributed by atoms with Crippen LogP contribution in [0.25, 0.3) is 0 Å². The maximum atomic E-state index is 12.1. The highest BCUT2D eigenvalue weighted by Gasteiger charge is 2.41. The van der Waals surface area contributed by atoms with Gasteiger partial charge in [-0.05, 0) is 31.6 Å². The Hall–Kier alpha value is -0.790. The molecule has 1 N–H and O–H groups in total. The van der Waals surface area contributed by atoms with E-state index in [4.69, 9.17) is 4.74 Å². The van der Waals surface area contributed by atoms with E-state index in [0.717, 1.165) is 36.8 Å². The number of hydrogen-bond donors (Lipinski definition) is 1. The number of fused-ring (bicyclic) bond motifs is 2. The minimum absolute atomic E-state index is 0.207. The van der Waals surface area contributed by atoms with Crippen LogP contribution >= 0.6 is 11.7 Å². The van der Waals surface area contributed by atoms with E-state index in [-0.39, 0.29) is 18.8 Å². The summed E-state index contributed by atoms with van der Waals surface area (Å²) >= 11 is 1.16. The average Bonchev–Trinajstić information content (AvgIpc) is 3.02. The summed E-state index contributed by atoms with van der Waals surface area (Å²) < 4.78 is 26.3. The smallest absolute Gasteiger partial charge is 0.250 e. The molecule has 0 saturated carbocycles. The molecule has 3 rings (SSSR count). The summed E-state index contributed by atoms with van der Waals surface area (Å²) in [4.78, 5) is 2.28. The van der Waals surface area contributed by atoms with Gasteiger partial charge in [0.1, 0.15) is 5.69 Å². The molecule has 1 aromatic heterocycles. The summed E-state index contributed by atoms with van der Waals surface area (Å²) in [6, 6.07) is 0.207.